The number of hydrogen-bond donors (Lipinski definition) is 1. The van der Waals surface area contributed by atoms with Crippen molar-refractivity contribution in [2.24, 2.45) is 0 Å². The summed E-state index contributed by atoms with van der Waals surface area (Å²) in [4.78, 5) is 13.2. The predicted octanol–water partition coefficient (Wildman–Crippen LogP) is 2.64. The van der Waals surface area contributed by atoms with Crippen molar-refractivity contribution in [2.75, 3.05) is 19.7 Å². The minimum atomic E-state index is -0.912. The predicted molar refractivity (Wildman–Crippen MR) is 73.8 cm³/mol. The maximum Gasteiger partial charge on any atom is 0.335 e. The second-order valence-electron chi connectivity index (χ2n) is 5.58. The fourth-order valence-corrected chi connectivity index (χ4v) is 2.55. The Morgan fingerprint density at radius 1 is 1.37 bits per heavy atom. The molecule has 0 amide bonds. The van der Waals surface area contributed by atoms with Crippen LogP contribution in [0.15, 0.2) is 24.3 Å². The van der Waals surface area contributed by atoms with Gasteiger partial charge < -0.3 is 9.84 Å². The molecule has 1 aromatic carbocycles. The number of likely N-dealkylation sites (tertiary alicyclic amines) is 1. The first kappa shape index (κ1) is 13.9. The Morgan fingerprint density at radius 2 is 2.05 bits per heavy atom. The summed E-state index contributed by atoms with van der Waals surface area (Å²) in [6.07, 6.45) is 2.49. The molecule has 1 aliphatic rings. The lowest BCUT2D eigenvalue weighted by atomic mass is 10.0. The number of aromatic carboxylic acids is 1. The molecule has 1 aliphatic heterocycles. The Hall–Kier alpha value is -1.55. The zero-order valence-electron chi connectivity index (χ0n) is 11.6. The molecule has 0 saturated carbocycles. The van der Waals surface area contributed by atoms with Gasteiger partial charge in [-0.15, -0.1) is 0 Å². The Labute approximate surface area is 114 Å². The summed E-state index contributed by atoms with van der Waals surface area (Å²) in [6, 6.07) is 6.55. The number of hydrogen-bond acceptors (Lipinski definition) is 3. The normalized spacial score (nSPS) is 18.4. The highest BCUT2D eigenvalue weighted by Crippen LogP contribution is 2.27. The van der Waals surface area contributed by atoms with Crippen LogP contribution in [0.1, 0.15) is 37.0 Å². The number of carbonyl (C=O) groups is 1. The van der Waals surface area contributed by atoms with Crippen molar-refractivity contribution >= 4 is 5.97 Å². The smallest absolute Gasteiger partial charge is 0.335 e. The van der Waals surface area contributed by atoms with Crippen LogP contribution in [0.25, 0.3) is 0 Å². The van der Waals surface area contributed by atoms with Crippen LogP contribution in [-0.2, 0) is 0 Å². The Bertz CT molecular complexity index is 439. The third kappa shape index (κ3) is 3.47. The molecule has 0 aliphatic carbocycles. The van der Waals surface area contributed by atoms with E-state index in [1.54, 1.807) is 24.3 Å². The molecule has 1 N–H and O–H groups in total. The van der Waals surface area contributed by atoms with E-state index in [1.807, 2.05) is 0 Å². The molecule has 0 radical (unpaired) electrons. The van der Waals surface area contributed by atoms with E-state index < -0.39 is 5.97 Å². The van der Waals surface area contributed by atoms with Crippen molar-refractivity contribution in [1.29, 1.82) is 0 Å². The first-order valence-electron chi connectivity index (χ1n) is 6.70. The third-order valence-electron chi connectivity index (χ3n) is 3.80. The van der Waals surface area contributed by atoms with Crippen LogP contribution in [0, 0.1) is 0 Å². The SMILES string of the molecule is CC1(C)CCCN1CCOc1ccc(C(=O)O)cc1. The van der Waals surface area contributed by atoms with Gasteiger partial charge in [-0.2, -0.15) is 0 Å². The van der Waals surface area contributed by atoms with Crippen molar-refractivity contribution in [3.8, 4) is 5.75 Å². The number of carboxylic acid groups (broad SMARTS) is 1. The summed E-state index contributed by atoms with van der Waals surface area (Å²) in [7, 11) is 0. The second-order valence-corrected chi connectivity index (χ2v) is 5.58. The lowest BCUT2D eigenvalue weighted by Gasteiger charge is -2.31. The molecular weight excluding hydrogens is 242 g/mol. The summed E-state index contributed by atoms with van der Waals surface area (Å²) >= 11 is 0. The van der Waals surface area contributed by atoms with Gasteiger partial charge in [0, 0.05) is 12.1 Å². The van der Waals surface area contributed by atoms with E-state index in [4.69, 9.17) is 9.84 Å². The van der Waals surface area contributed by atoms with E-state index in [1.165, 1.54) is 12.8 Å². The maximum atomic E-state index is 10.7. The van der Waals surface area contributed by atoms with Gasteiger partial charge in [-0.3, -0.25) is 4.90 Å². The molecule has 2 rings (SSSR count). The quantitative estimate of drug-likeness (QED) is 0.887. The highest BCUT2D eigenvalue weighted by Gasteiger charge is 2.31. The summed E-state index contributed by atoms with van der Waals surface area (Å²) in [5.74, 6) is -0.188. The van der Waals surface area contributed by atoms with Gasteiger partial charge in [-0.05, 0) is 57.5 Å². The third-order valence-corrected chi connectivity index (χ3v) is 3.80. The number of nitrogens with zero attached hydrogens (tertiary/aromatic N) is 1. The number of ether oxygens (including phenoxy) is 1. The lowest BCUT2D eigenvalue weighted by Crippen LogP contribution is -2.40. The molecule has 1 fully saturated rings. The molecule has 0 aromatic heterocycles. The fraction of sp³-hybridized carbons (Fsp3) is 0.533. The van der Waals surface area contributed by atoms with Crippen LogP contribution in [0.3, 0.4) is 0 Å². The summed E-state index contributed by atoms with van der Waals surface area (Å²) < 4.78 is 5.66. The van der Waals surface area contributed by atoms with Gasteiger partial charge in [0.25, 0.3) is 0 Å². The summed E-state index contributed by atoms with van der Waals surface area (Å²) in [5.41, 5.74) is 0.560. The first-order chi connectivity index (χ1) is 8.99. The largest absolute Gasteiger partial charge is 0.492 e. The molecule has 4 heteroatoms. The van der Waals surface area contributed by atoms with Crippen molar-refractivity contribution in [1.82, 2.24) is 4.90 Å². The van der Waals surface area contributed by atoms with Crippen molar-refractivity contribution in [3.63, 3.8) is 0 Å². The Morgan fingerprint density at radius 3 is 2.58 bits per heavy atom. The van der Waals surface area contributed by atoms with E-state index in [0.717, 1.165) is 18.8 Å². The van der Waals surface area contributed by atoms with Crippen LogP contribution < -0.4 is 4.74 Å². The minimum absolute atomic E-state index is 0.274. The van der Waals surface area contributed by atoms with Crippen molar-refractivity contribution < 1.29 is 14.6 Å². The number of carboxylic acids is 1. The average molecular weight is 263 g/mol. The number of benzene rings is 1. The van der Waals surface area contributed by atoms with Gasteiger partial charge in [-0.1, -0.05) is 0 Å². The molecular formula is C15H21NO3. The van der Waals surface area contributed by atoms with Crippen molar-refractivity contribution in [2.45, 2.75) is 32.2 Å². The van der Waals surface area contributed by atoms with Crippen molar-refractivity contribution in [3.05, 3.63) is 29.8 Å². The minimum Gasteiger partial charge on any atom is -0.492 e. The molecule has 0 bridgehead atoms. The summed E-state index contributed by atoms with van der Waals surface area (Å²) in [6.45, 7) is 7.21. The molecule has 1 saturated heterocycles. The molecule has 19 heavy (non-hydrogen) atoms. The van der Waals surface area contributed by atoms with Gasteiger partial charge in [0.05, 0.1) is 5.56 Å². The topological polar surface area (TPSA) is 49.8 Å². The lowest BCUT2D eigenvalue weighted by molar-refractivity contribution is 0.0697. The van der Waals surface area contributed by atoms with E-state index in [9.17, 15) is 4.79 Å². The number of rotatable bonds is 5. The van der Waals surface area contributed by atoms with Gasteiger partial charge in [-0.25, -0.2) is 4.79 Å². The van der Waals surface area contributed by atoms with Crippen LogP contribution in [0.2, 0.25) is 0 Å². The zero-order chi connectivity index (χ0) is 13.9. The summed E-state index contributed by atoms with van der Waals surface area (Å²) in [5, 5.41) is 8.81. The van der Waals surface area contributed by atoms with Gasteiger partial charge >= 0.3 is 5.97 Å². The molecule has 0 spiro atoms. The Balaban J connectivity index is 1.81. The van der Waals surface area contributed by atoms with E-state index in [2.05, 4.69) is 18.7 Å². The van der Waals surface area contributed by atoms with E-state index >= 15 is 0 Å². The highest BCUT2D eigenvalue weighted by atomic mass is 16.5. The van der Waals surface area contributed by atoms with E-state index in [-0.39, 0.29) is 11.1 Å². The van der Waals surface area contributed by atoms with Crippen LogP contribution in [0.5, 0.6) is 5.75 Å². The standard InChI is InChI=1S/C15H21NO3/c1-15(2)8-3-9-16(15)10-11-19-13-6-4-12(5-7-13)14(17)18/h4-7H,3,8-11H2,1-2H3,(H,17,18). The molecule has 1 aromatic rings. The second kappa shape index (κ2) is 5.61. The molecule has 104 valence electrons. The highest BCUT2D eigenvalue weighted by molar-refractivity contribution is 5.87. The zero-order valence-corrected chi connectivity index (χ0v) is 11.6. The van der Waals surface area contributed by atoms with Crippen LogP contribution in [0.4, 0.5) is 0 Å². The molecule has 1 heterocycles. The Kier molecular flexibility index (Phi) is 4.10. The monoisotopic (exact) mass is 263 g/mol. The molecule has 4 nitrogen and oxygen atoms in total. The first-order valence-corrected chi connectivity index (χ1v) is 6.70. The fourth-order valence-electron chi connectivity index (χ4n) is 2.55. The average Bonchev–Trinajstić information content (AvgIpc) is 2.69. The molecule has 0 unspecified atom stereocenters. The maximum absolute atomic E-state index is 10.7. The van der Waals surface area contributed by atoms with Gasteiger partial charge in [0.2, 0.25) is 0 Å². The van der Waals surface area contributed by atoms with Gasteiger partial charge in [0.1, 0.15) is 12.4 Å². The van der Waals surface area contributed by atoms with Crippen LogP contribution in [-0.4, -0.2) is 41.2 Å². The molecule has 0 atom stereocenters. The van der Waals surface area contributed by atoms with Gasteiger partial charge in [0.15, 0.2) is 0 Å². The van der Waals surface area contributed by atoms with E-state index in [0.29, 0.717) is 6.61 Å². The van der Waals surface area contributed by atoms with Crippen LogP contribution >= 0.6 is 0 Å².